The third-order valence-corrected chi connectivity index (χ3v) is 2.64. The molecule has 0 bridgehead atoms. The summed E-state index contributed by atoms with van der Waals surface area (Å²) < 4.78 is 0. The fourth-order valence-electron chi connectivity index (χ4n) is 0.999. The first-order valence-corrected chi connectivity index (χ1v) is 5.50. The van der Waals surface area contributed by atoms with Crippen molar-refractivity contribution in [2.75, 3.05) is 13.1 Å². The van der Waals surface area contributed by atoms with Crippen molar-refractivity contribution in [3.05, 3.63) is 22.2 Å². The highest BCUT2D eigenvalue weighted by molar-refractivity contribution is 7.10. The second-order valence-corrected chi connectivity index (χ2v) is 3.79. The molecule has 0 saturated carbocycles. The van der Waals surface area contributed by atoms with E-state index in [1.54, 1.807) is 11.3 Å². The molecule has 1 aromatic heterocycles. The highest BCUT2D eigenvalue weighted by Crippen LogP contribution is 2.13. The average molecular weight is 196 g/mol. The molecule has 0 aliphatic carbocycles. The molecule has 1 N–H and O–H groups in total. The molecule has 0 saturated heterocycles. The first-order valence-electron chi connectivity index (χ1n) is 4.62. The number of hydrogen-bond donors (Lipinski definition) is 1. The van der Waals surface area contributed by atoms with Gasteiger partial charge in [-0.1, -0.05) is 13.0 Å². The zero-order chi connectivity index (χ0) is 9.52. The second kappa shape index (κ2) is 5.89. The quantitative estimate of drug-likeness (QED) is 0.732. The van der Waals surface area contributed by atoms with Crippen LogP contribution in [0.4, 0.5) is 0 Å². The minimum atomic E-state index is 0.950. The summed E-state index contributed by atoms with van der Waals surface area (Å²) in [5.41, 5.74) is 3.01. The van der Waals surface area contributed by atoms with Crippen LogP contribution in [0, 0.1) is 6.92 Å². The van der Waals surface area contributed by atoms with E-state index in [1.165, 1.54) is 11.3 Å². The van der Waals surface area contributed by atoms with Gasteiger partial charge in [0, 0.05) is 11.4 Å². The van der Waals surface area contributed by atoms with Crippen molar-refractivity contribution in [1.82, 2.24) is 10.3 Å². The van der Waals surface area contributed by atoms with E-state index in [1.807, 2.05) is 12.4 Å². The summed E-state index contributed by atoms with van der Waals surface area (Å²) in [5.74, 6) is 0. The molecule has 72 valence electrons. The van der Waals surface area contributed by atoms with E-state index in [2.05, 4.69) is 29.4 Å². The standard InChI is InChI=1S/C10H16N2S/c1-3-6-11-7-4-5-10-9(2)12-8-13-10/h4-5,8,11H,3,6-7H2,1-2H3. The number of rotatable bonds is 5. The number of hydrogen-bond acceptors (Lipinski definition) is 3. The molecular formula is C10H16N2S. The Labute approximate surface area is 83.7 Å². The van der Waals surface area contributed by atoms with E-state index in [0.29, 0.717) is 0 Å². The summed E-state index contributed by atoms with van der Waals surface area (Å²) in [5, 5.41) is 3.31. The normalized spacial score (nSPS) is 11.2. The van der Waals surface area contributed by atoms with Crippen molar-refractivity contribution in [2.45, 2.75) is 20.3 Å². The summed E-state index contributed by atoms with van der Waals surface area (Å²) in [4.78, 5) is 5.44. The first-order chi connectivity index (χ1) is 6.34. The predicted octanol–water partition coefficient (Wildman–Crippen LogP) is 2.46. The first kappa shape index (κ1) is 10.4. The maximum Gasteiger partial charge on any atom is 0.0801 e. The van der Waals surface area contributed by atoms with Crippen molar-refractivity contribution in [3.63, 3.8) is 0 Å². The highest BCUT2D eigenvalue weighted by atomic mass is 32.1. The zero-order valence-electron chi connectivity index (χ0n) is 8.21. The van der Waals surface area contributed by atoms with Crippen LogP contribution in [0.3, 0.4) is 0 Å². The van der Waals surface area contributed by atoms with Crippen LogP contribution in [0.1, 0.15) is 23.9 Å². The van der Waals surface area contributed by atoms with Gasteiger partial charge in [0.1, 0.15) is 0 Å². The van der Waals surface area contributed by atoms with Crippen molar-refractivity contribution < 1.29 is 0 Å². The molecule has 0 unspecified atom stereocenters. The maximum absolute atomic E-state index is 4.18. The highest BCUT2D eigenvalue weighted by Gasteiger charge is 1.94. The Morgan fingerprint density at radius 3 is 3.08 bits per heavy atom. The average Bonchev–Trinajstić information content (AvgIpc) is 2.52. The van der Waals surface area contributed by atoms with E-state index in [9.17, 15) is 0 Å². The summed E-state index contributed by atoms with van der Waals surface area (Å²) in [7, 11) is 0. The molecule has 1 heterocycles. The van der Waals surface area contributed by atoms with Crippen LogP contribution >= 0.6 is 11.3 Å². The molecule has 0 aliphatic heterocycles. The van der Waals surface area contributed by atoms with Gasteiger partial charge in [-0.05, 0) is 26.0 Å². The van der Waals surface area contributed by atoms with Crippen LogP contribution in [0.5, 0.6) is 0 Å². The fourth-order valence-corrected chi connectivity index (χ4v) is 1.72. The molecule has 1 aromatic rings. The number of nitrogens with zero attached hydrogens (tertiary/aromatic N) is 1. The van der Waals surface area contributed by atoms with Gasteiger partial charge >= 0.3 is 0 Å². The number of aryl methyl sites for hydroxylation is 1. The Bertz CT molecular complexity index is 266. The van der Waals surface area contributed by atoms with Gasteiger partial charge in [0.25, 0.3) is 0 Å². The Morgan fingerprint density at radius 1 is 1.62 bits per heavy atom. The summed E-state index contributed by atoms with van der Waals surface area (Å²) in [6.45, 7) is 6.25. The lowest BCUT2D eigenvalue weighted by molar-refractivity contribution is 0.730. The van der Waals surface area contributed by atoms with Crippen LogP contribution < -0.4 is 5.32 Å². The molecule has 2 nitrogen and oxygen atoms in total. The van der Waals surface area contributed by atoms with Gasteiger partial charge in [-0.2, -0.15) is 0 Å². The molecule has 3 heteroatoms. The lowest BCUT2D eigenvalue weighted by Crippen LogP contribution is -2.13. The van der Waals surface area contributed by atoms with Crippen molar-refractivity contribution in [1.29, 1.82) is 0 Å². The van der Waals surface area contributed by atoms with Gasteiger partial charge in [0.15, 0.2) is 0 Å². The summed E-state index contributed by atoms with van der Waals surface area (Å²) in [6, 6.07) is 0. The van der Waals surface area contributed by atoms with Gasteiger partial charge in [-0.15, -0.1) is 11.3 Å². The largest absolute Gasteiger partial charge is 0.313 e. The van der Waals surface area contributed by atoms with Crippen LogP contribution in [-0.4, -0.2) is 18.1 Å². The van der Waals surface area contributed by atoms with E-state index >= 15 is 0 Å². The van der Waals surface area contributed by atoms with Gasteiger partial charge in [-0.25, -0.2) is 4.98 Å². The minimum absolute atomic E-state index is 0.950. The fraction of sp³-hybridized carbons (Fsp3) is 0.500. The molecule has 0 fully saturated rings. The van der Waals surface area contributed by atoms with E-state index in [4.69, 9.17) is 0 Å². The zero-order valence-corrected chi connectivity index (χ0v) is 9.03. The predicted molar refractivity (Wildman–Crippen MR) is 59.0 cm³/mol. The summed E-state index contributed by atoms with van der Waals surface area (Å²) in [6.07, 6.45) is 5.47. The monoisotopic (exact) mass is 196 g/mol. The second-order valence-electron chi connectivity index (χ2n) is 2.91. The lowest BCUT2D eigenvalue weighted by atomic mass is 10.3. The molecule has 1 rings (SSSR count). The third-order valence-electron chi connectivity index (χ3n) is 1.74. The Morgan fingerprint density at radius 2 is 2.46 bits per heavy atom. The number of nitrogens with one attached hydrogen (secondary N) is 1. The summed E-state index contributed by atoms with van der Waals surface area (Å²) >= 11 is 1.69. The van der Waals surface area contributed by atoms with Crippen molar-refractivity contribution in [2.24, 2.45) is 0 Å². The van der Waals surface area contributed by atoms with Gasteiger partial charge in [0.2, 0.25) is 0 Å². The number of thiazole rings is 1. The molecular weight excluding hydrogens is 180 g/mol. The van der Waals surface area contributed by atoms with Crippen molar-refractivity contribution >= 4 is 17.4 Å². The Hall–Kier alpha value is -0.670. The van der Waals surface area contributed by atoms with Gasteiger partial charge < -0.3 is 5.32 Å². The molecule has 0 aliphatic rings. The van der Waals surface area contributed by atoms with E-state index in [-0.39, 0.29) is 0 Å². The lowest BCUT2D eigenvalue weighted by Gasteiger charge is -1.95. The minimum Gasteiger partial charge on any atom is -0.313 e. The molecule has 13 heavy (non-hydrogen) atoms. The number of aromatic nitrogens is 1. The SMILES string of the molecule is CCCNCC=Cc1scnc1C. The third kappa shape index (κ3) is 3.70. The van der Waals surface area contributed by atoms with Crippen LogP contribution in [0.15, 0.2) is 11.6 Å². The van der Waals surface area contributed by atoms with Crippen LogP contribution in [0.2, 0.25) is 0 Å². The Kier molecular flexibility index (Phi) is 4.72. The maximum atomic E-state index is 4.18. The molecule has 0 atom stereocenters. The topological polar surface area (TPSA) is 24.9 Å². The smallest absolute Gasteiger partial charge is 0.0801 e. The van der Waals surface area contributed by atoms with E-state index < -0.39 is 0 Å². The van der Waals surface area contributed by atoms with Gasteiger partial charge in [0.05, 0.1) is 11.2 Å². The van der Waals surface area contributed by atoms with Crippen LogP contribution in [-0.2, 0) is 0 Å². The molecule has 0 spiro atoms. The molecule has 0 radical (unpaired) electrons. The van der Waals surface area contributed by atoms with Crippen molar-refractivity contribution in [3.8, 4) is 0 Å². The molecule has 0 amide bonds. The van der Waals surface area contributed by atoms with Gasteiger partial charge in [-0.3, -0.25) is 0 Å². The molecule has 0 aromatic carbocycles. The Balaban J connectivity index is 2.28. The van der Waals surface area contributed by atoms with Crippen LogP contribution in [0.25, 0.3) is 6.08 Å². The van der Waals surface area contributed by atoms with E-state index in [0.717, 1.165) is 18.8 Å².